The third-order valence-corrected chi connectivity index (χ3v) is 4.63. The van der Waals surface area contributed by atoms with Crippen molar-refractivity contribution in [3.8, 4) is 17.1 Å². The first-order chi connectivity index (χ1) is 12.1. The van der Waals surface area contributed by atoms with Gasteiger partial charge in [-0.15, -0.1) is 11.8 Å². The number of aromatic nitrogens is 4. The molecule has 0 amide bonds. The number of thioether (sulfide) groups is 1. The average Bonchev–Trinajstić information content (AvgIpc) is 3.09. The standard InChI is InChI=1S/C14H10Cl2F3N5OS/c1-5-21-12(25-23-5)9-11(20)24(22-13(9)26-2)10-7(15)3-6(4-8(10)16)14(17,18)19/h3-4H,20H2,1-2H3. The first-order valence-corrected chi connectivity index (χ1v) is 8.91. The molecule has 2 aromatic heterocycles. The summed E-state index contributed by atoms with van der Waals surface area (Å²) in [6, 6.07) is 1.53. The smallest absolute Gasteiger partial charge is 0.383 e. The highest BCUT2D eigenvalue weighted by Crippen LogP contribution is 2.41. The van der Waals surface area contributed by atoms with Crippen LogP contribution in [0, 0.1) is 6.92 Å². The van der Waals surface area contributed by atoms with Crippen LogP contribution in [-0.4, -0.2) is 26.2 Å². The molecule has 0 aliphatic carbocycles. The van der Waals surface area contributed by atoms with Crippen LogP contribution < -0.4 is 5.73 Å². The summed E-state index contributed by atoms with van der Waals surface area (Å²) in [4.78, 5) is 4.11. The largest absolute Gasteiger partial charge is 0.416 e. The fraction of sp³-hybridized carbons (Fsp3) is 0.214. The molecule has 0 saturated carbocycles. The minimum atomic E-state index is -4.58. The Morgan fingerprint density at radius 3 is 2.31 bits per heavy atom. The van der Waals surface area contributed by atoms with E-state index in [1.165, 1.54) is 11.8 Å². The van der Waals surface area contributed by atoms with Crippen molar-refractivity contribution >= 4 is 40.8 Å². The van der Waals surface area contributed by atoms with Gasteiger partial charge >= 0.3 is 6.18 Å². The molecule has 0 radical (unpaired) electrons. The minimum Gasteiger partial charge on any atom is -0.383 e. The number of anilines is 1. The lowest BCUT2D eigenvalue weighted by atomic mass is 10.2. The molecule has 0 atom stereocenters. The monoisotopic (exact) mass is 423 g/mol. The summed E-state index contributed by atoms with van der Waals surface area (Å²) < 4.78 is 45.0. The number of alkyl halides is 3. The van der Waals surface area contributed by atoms with E-state index < -0.39 is 11.7 Å². The van der Waals surface area contributed by atoms with Crippen molar-refractivity contribution < 1.29 is 17.7 Å². The van der Waals surface area contributed by atoms with Gasteiger partial charge in [0.2, 0.25) is 0 Å². The van der Waals surface area contributed by atoms with Crippen molar-refractivity contribution in [1.29, 1.82) is 0 Å². The van der Waals surface area contributed by atoms with Crippen LogP contribution in [0.5, 0.6) is 0 Å². The molecule has 0 spiro atoms. The highest BCUT2D eigenvalue weighted by molar-refractivity contribution is 7.98. The van der Waals surface area contributed by atoms with Gasteiger partial charge in [0.05, 0.1) is 15.6 Å². The molecule has 0 aliphatic heterocycles. The number of rotatable bonds is 3. The number of nitrogens with two attached hydrogens (primary N) is 1. The molecule has 0 unspecified atom stereocenters. The van der Waals surface area contributed by atoms with E-state index in [0.29, 0.717) is 16.4 Å². The Hall–Kier alpha value is -1.91. The molecule has 2 N–H and O–H groups in total. The molecule has 12 heteroatoms. The lowest BCUT2D eigenvalue weighted by Crippen LogP contribution is -2.08. The third-order valence-electron chi connectivity index (χ3n) is 3.38. The summed E-state index contributed by atoms with van der Waals surface area (Å²) in [5, 5.41) is 7.90. The Bertz CT molecular complexity index is 963. The Balaban J connectivity index is 2.21. The molecule has 3 rings (SSSR count). The second-order valence-electron chi connectivity index (χ2n) is 5.11. The van der Waals surface area contributed by atoms with Crippen molar-refractivity contribution in [3.63, 3.8) is 0 Å². The summed E-state index contributed by atoms with van der Waals surface area (Å²) in [7, 11) is 0. The van der Waals surface area contributed by atoms with E-state index in [0.717, 1.165) is 16.8 Å². The van der Waals surface area contributed by atoms with Gasteiger partial charge in [0.1, 0.15) is 22.1 Å². The van der Waals surface area contributed by atoms with Crippen molar-refractivity contribution in [1.82, 2.24) is 19.9 Å². The fourth-order valence-electron chi connectivity index (χ4n) is 2.25. The van der Waals surface area contributed by atoms with Crippen LogP contribution in [0.1, 0.15) is 11.4 Å². The lowest BCUT2D eigenvalue weighted by Gasteiger charge is -2.13. The predicted octanol–water partition coefficient (Wildman–Crippen LogP) is 4.86. The maximum atomic E-state index is 12.9. The zero-order valence-corrected chi connectivity index (χ0v) is 15.6. The molecule has 1 aromatic carbocycles. The average molecular weight is 424 g/mol. The Morgan fingerprint density at radius 2 is 1.85 bits per heavy atom. The van der Waals surface area contributed by atoms with Gasteiger partial charge < -0.3 is 10.3 Å². The van der Waals surface area contributed by atoms with Gasteiger partial charge in [0.15, 0.2) is 5.82 Å². The molecule has 0 saturated heterocycles. The molecule has 0 aliphatic rings. The van der Waals surface area contributed by atoms with Gasteiger partial charge in [0.25, 0.3) is 5.89 Å². The van der Waals surface area contributed by atoms with Gasteiger partial charge in [-0.05, 0) is 25.3 Å². The highest BCUT2D eigenvalue weighted by Gasteiger charge is 2.33. The minimum absolute atomic E-state index is 0.0246. The number of halogens is 5. The lowest BCUT2D eigenvalue weighted by molar-refractivity contribution is -0.137. The first kappa shape index (κ1) is 18.9. The Labute approximate surface area is 159 Å². The number of benzene rings is 1. The molecule has 138 valence electrons. The molecule has 26 heavy (non-hydrogen) atoms. The first-order valence-electron chi connectivity index (χ1n) is 6.93. The van der Waals surface area contributed by atoms with Gasteiger partial charge in [-0.25, -0.2) is 4.68 Å². The van der Waals surface area contributed by atoms with E-state index in [1.807, 2.05) is 0 Å². The van der Waals surface area contributed by atoms with Crippen LogP contribution in [0.25, 0.3) is 17.1 Å². The van der Waals surface area contributed by atoms with Gasteiger partial charge in [-0.3, -0.25) is 0 Å². The summed E-state index contributed by atoms with van der Waals surface area (Å²) in [6.07, 6.45) is -2.84. The second-order valence-corrected chi connectivity index (χ2v) is 6.72. The fourth-order valence-corrected chi connectivity index (χ4v) is 3.46. The van der Waals surface area contributed by atoms with Crippen molar-refractivity contribution in [2.45, 2.75) is 18.1 Å². The molecule has 0 bridgehead atoms. The quantitative estimate of drug-likeness (QED) is 0.605. The summed E-state index contributed by atoms with van der Waals surface area (Å²) in [6.45, 7) is 1.63. The number of nitrogen functional groups attached to an aromatic ring is 1. The van der Waals surface area contributed by atoms with E-state index in [-0.39, 0.29) is 27.4 Å². The van der Waals surface area contributed by atoms with Crippen molar-refractivity contribution in [2.75, 3.05) is 12.0 Å². The third kappa shape index (κ3) is 3.24. The number of aryl methyl sites for hydroxylation is 1. The van der Waals surface area contributed by atoms with E-state index in [9.17, 15) is 13.2 Å². The van der Waals surface area contributed by atoms with Gasteiger partial charge in [-0.1, -0.05) is 28.4 Å². The van der Waals surface area contributed by atoms with E-state index in [4.69, 9.17) is 33.5 Å². The second kappa shape index (κ2) is 6.67. The number of hydrogen-bond acceptors (Lipinski definition) is 6. The molecule has 0 fully saturated rings. The van der Waals surface area contributed by atoms with Crippen LogP contribution in [0.3, 0.4) is 0 Å². The Morgan fingerprint density at radius 1 is 1.23 bits per heavy atom. The van der Waals surface area contributed by atoms with Gasteiger partial charge in [-0.2, -0.15) is 23.3 Å². The summed E-state index contributed by atoms with van der Waals surface area (Å²) >= 11 is 13.3. The van der Waals surface area contributed by atoms with Crippen LogP contribution in [0.4, 0.5) is 19.0 Å². The van der Waals surface area contributed by atoms with Crippen LogP contribution in [-0.2, 0) is 6.18 Å². The molecule has 6 nitrogen and oxygen atoms in total. The van der Waals surface area contributed by atoms with E-state index in [1.54, 1.807) is 13.2 Å². The highest BCUT2D eigenvalue weighted by atomic mass is 35.5. The topological polar surface area (TPSA) is 82.8 Å². The summed E-state index contributed by atoms with van der Waals surface area (Å²) in [5.41, 5.74) is 5.54. The van der Waals surface area contributed by atoms with Gasteiger partial charge in [0, 0.05) is 0 Å². The molecule has 3 aromatic rings. The molecular formula is C14H10Cl2F3N5OS. The SMILES string of the molecule is CSc1nn(-c2c(Cl)cc(C(F)(F)F)cc2Cl)c(N)c1-c1nc(C)no1. The zero-order chi connectivity index (χ0) is 19.2. The van der Waals surface area contributed by atoms with E-state index in [2.05, 4.69) is 15.2 Å². The predicted molar refractivity (Wildman–Crippen MR) is 92.8 cm³/mol. The zero-order valence-electron chi connectivity index (χ0n) is 13.2. The molecular weight excluding hydrogens is 414 g/mol. The number of hydrogen-bond donors (Lipinski definition) is 1. The van der Waals surface area contributed by atoms with Crippen molar-refractivity contribution in [2.24, 2.45) is 0 Å². The number of nitrogens with zero attached hydrogens (tertiary/aromatic N) is 4. The summed E-state index contributed by atoms with van der Waals surface area (Å²) in [5.74, 6) is 0.584. The van der Waals surface area contributed by atoms with Crippen LogP contribution in [0.15, 0.2) is 21.7 Å². The maximum absolute atomic E-state index is 12.9. The van der Waals surface area contributed by atoms with Crippen molar-refractivity contribution in [3.05, 3.63) is 33.6 Å². The molecule has 2 heterocycles. The normalized spacial score (nSPS) is 12.0. The maximum Gasteiger partial charge on any atom is 0.416 e. The van der Waals surface area contributed by atoms with Crippen LogP contribution >= 0.6 is 35.0 Å². The van der Waals surface area contributed by atoms with Crippen LogP contribution in [0.2, 0.25) is 10.0 Å². The van der Waals surface area contributed by atoms with E-state index >= 15 is 0 Å². The Kier molecular flexibility index (Phi) is 4.84.